The molecule has 2 heterocycles. The van der Waals surface area contributed by atoms with Gasteiger partial charge in [0.05, 0.1) is 26.1 Å². The van der Waals surface area contributed by atoms with Crippen molar-refractivity contribution >= 4 is 35.9 Å². The summed E-state index contributed by atoms with van der Waals surface area (Å²) in [6, 6.07) is 24.6. The summed E-state index contributed by atoms with van der Waals surface area (Å²) in [5.74, 6) is -1.35. The fourth-order valence-corrected chi connectivity index (χ4v) is 6.59. The average Bonchev–Trinajstić information content (AvgIpc) is 3.61. The first-order valence-electron chi connectivity index (χ1n) is 19.1. The number of aliphatic imine (C=N–C) groups is 1. The monoisotopic (exact) mass is 766 g/mol. The van der Waals surface area contributed by atoms with Gasteiger partial charge in [-0.25, -0.2) is 9.79 Å². The van der Waals surface area contributed by atoms with E-state index in [1.165, 1.54) is 13.8 Å². The molecular weight excluding hydrogens is 713 g/mol. The summed E-state index contributed by atoms with van der Waals surface area (Å²) in [6.07, 6.45) is 1.19. The predicted molar refractivity (Wildman–Crippen MR) is 213 cm³/mol. The number of amides is 4. The van der Waals surface area contributed by atoms with Crippen LogP contribution in [-0.4, -0.2) is 95.3 Å². The number of hydrogen-bond acceptors (Lipinski definition) is 9. The van der Waals surface area contributed by atoms with Gasteiger partial charge in [-0.1, -0.05) is 90.5 Å². The lowest BCUT2D eigenvalue weighted by molar-refractivity contribution is -0.137. The SMILES string of the molecule is Cc1ccc(C(=O)C2CCN(C(=O)C(c3ccccc3)N3C=NC(NC(=O)[C@@H](COCc4ccccc4)NC(=O)C(C)(C)NC(=O)OC(C)(C)C)C3)CC2)cc1. The molecule has 2 aliphatic rings. The van der Waals surface area contributed by atoms with E-state index < -0.39 is 47.3 Å². The molecule has 1 fully saturated rings. The Labute approximate surface area is 329 Å². The minimum atomic E-state index is -1.44. The van der Waals surface area contributed by atoms with Gasteiger partial charge in [-0.05, 0) is 65.5 Å². The highest BCUT2D eigenvalue weighted by molar-refractivity contribution is 5.98. The highest BCUT2D eigenvalue weighted by Gasteiger charge is 2.38. The summed E-state index contributed by atoms with van der Waals surface area (Å²) in [4.78, 5) is 75.5. The van der Waals surface area contributed by atoms with E-state index in [-0.39, 0.29) is 37.4 Å². The molecule has 298 valence electrons. The van der Waals surface area contributed by atoms with Gasteiger partial charge in [0.2, 0.25) is 17.7 Å². The van der Waals surface area contributed by atoms with E-state index in [1.54, 1.807) is 36.9 Å². The van der Waals surface area contributed by atoms with Crippen molar-refractivity contribution in [3.8, 4) is 0 Å². The lowest BCUT2D eigenvalue weighted by Crippen LogP contribution is -2.61. The molecule has 3 aromatic rings. The molecule has 0 spiro atoms. The maximum Gasteiger partial charge on any atom is 0.408 e. The third kappa shape index (κ3) is 11.5. The number of benzene rings is 3. The first kappa shape index (κ1) is 41.6. The molecule has 0 aliphatic carbocycles. The molecule has 2 unspecified atom stereocenters. The maximum atomic E-state index is 14.3. The number of alkyl carbamates (subject to hydrolysis) is 1. The van der Waals surface area contributed by atoms with Crippen molar-refractivity contribution in [2.75, 3.05) is 26.2 Å². The molecule has 4 amide bonds. The first-order valence-corrected chi connectivity index (χ1v) is 19.1. The molecule has 0 aromatic heterocycles. The highest BCUT2D eigenvalue weighted by atomic mass is 16.6. The van der Waals surface area contributed by atoms with E-state index in [2.05, 4.69) is 20.9 Å². The van der Waals surface area contributed by atoms with Gasteiger partial charge in [-0.3, -0.25) is 19.2 Å². The molecule has 3 atom stereocenters. The molecule has 3 aromatic carbocycles. The standard InChI is InChI=1S/C43H54N6O7/c1-29-17-19-32(20-18-29)37(50)33-21-23-48(24-22-33)39(52)36(31-15-11-8-12-16-31)49-25-35(44-28-49)46-38(51)34(27-55-26-30-13-9-7-10-14-30)45-40(53)43(5,6)47-41(54)56-42(2,3)4/h7-20,28,33-36H,21-27H2,1-6H3,(H,45,53)(H,46,51)(H,47,54)/t34-,35?,36?/m1/s1. The fourth-order valence-electron chi connectivity index (χ4n) is 6.59. The number of ether oxygens (including phenoxy) is 2. The molecule has 56 heavy (non-hydrogen) atoms. The average molecular weight is 767 g/mol. The van der Waals surface area contributed by atoms with Crippen LogP contribution in [0.15, 0.2) is 89.9 Å². The molecule has 13 nitrogen and oxygen atoms in total. The highest BCUT2D eigenvalue weighted by Crippen LogP contribution is 2.29. The van der Waals surface area contributed by atoms with Gasteiger partial charge in [-0.15, -0.1) is 0 Å². The second kappa shape index (κ2) is 18.4. The number of carbonyl (C=O) groups excluding carboxylic acids is 5. The van der Waals surface area contributed by atoms with E-state index in [1.807, 2.05) is 91.9 Å². The number of likely N-dealkylation sites (tertiary alicyclic amines) is 1. The Morgan fingerprint density at radius 2 is 1.48 bits per heavy atom. The minimum absolute atomic E-state index is 0.102. The first-order chi connectivity index (χ1) is 26.6. The molecule has 1 saturated heterocycles. The van der Waals surface area contributed by atoms with Gasteiger partial charge in [-0.2, -0.15) is 0 Å². The summed E-state index contributed by atoms with van der Waals surface area (Å²) in [5, 5.41) is 8.21. The number of hydrogen-bond donors (Lipinski definition) is 3. The number of nitrogens with one attached hydrogen (secondary N) is 3. The second-order valence-corrected chi connectivity index (χ2v) is 15.9. The summed E-state index contributed by atoms with van der Waals surface area (Å²) >= 11 is 0. The Morgan fingerprint density at radius 1 is 0.857 bits per heavy atom. The van der Waals surface area contributed by atoms with Gasteiger partial charge in [0.25, 0.3) is 0 Å². The molecule has 0 saturated carbocycles. The van der Waals surface area contributed by atoms with Crippen molar-refractivity contribution < 1.29 is 33.4 Å². The van der Waals surface area contributed by atoms with Gasteiger partial charge >= 0.3 is 6.09 Å². The van der Waals surface area contributed by atoms with Crippen molar-refractivity contribution in [2.24, 2.45) is 10.9 Å². The van der Waals surface area contributed by atoms with E-state index in [0.717, 1.165) is 16.7 Å². The Morgan fingerprint density at radius 3 is 2.11 bits per heavy atom. The van der Waals surface area contributed by atoms with Crippen LogP contribution in [0, 0.1) is 12.8 Å². The van der Waals surface area contributed by atoms with Gasteiger partial charge in [0.1, 0.15) is 29.4 Å². The number of aryl methyl sites for hydroxylation is 1. The van der Waals surface area contributed by atoms with Crippen molar-refractivity contribution in [3.05, 3.63) is 107 Å². The number of carbonyl (C=O) groups is 5. The van der Waals surface area contributed by atoms with Crippen molar-refractivity contribution in [3.63, 3.8) is 0 Å². The van der Waals surface area contributed by atoms with E-state index in [9.17, 15) is 24.0 Å². The minimum Gasteiger partial charge on any atom is -0.444 e. The van der Waals surface area contributed by atoms with E-state index in [4.69, 9.17) is 9.47 Å². The molecule has 3 N–H and O–H groups in total. The number of rotatable bonds is 14. The molecule has 5 rings (SSSR count). The molecule has 13 heteroatoms. The smallest absolute Gasteiger partial charge is 0.408 e. The molecule has 0 bridgehead atoms. The number of ketones is 1. The summed E-state index contributed by atoms with van der Waals surface area (Å²) in [5.41, 5.74) is 1.23. The zero-order valence-electron chi connectivity index (χ0n) is 33.1. The molecule has 0 radical (unpaired) electrons. The van der Waals surface area contributed by atoms with Crippen molar-refractivity contribution in [2.45, 2.75) is 90.4 Å². The second-order valence-electron chi connectivity index (χ2n) is 15.9. The largest absolute Gasteiger partial charge is 0.444 e. The summed E-state index contributed by atoms with van der Waals surface area (Å²) in [7, 11) is 0. The van der Waals surface area contributed by atoms with Gasteiger partial charge in [0.15, 0.2) is 5.78 Å². The summed E-state index contributed by atoms with van der Waals surface area (Å²) in [6.45, 7) is 11.3. The summed E-state index contributed by atoms with van der Waals surface area (Å²) < 4.78 is 11.2. The Bertz CT molecular complexity index is 1850. The Hall–Kier alpha value is -5.56. The van der Waals surface area contributed by atoms with Crippen molar-refractivity contribution in [1.29, 1.82) is 0 Å². The molecular formula is C43H54N6O7. The zero-order chi connectivity index (χ0) is 40.5. The van der Waals surface area contributed by atoms with Crippen LogP contribution in [0.2, 0.25) is 0 Å². The van der Waals surface area contributed by atoms with E-state index >= 15 is 0 Å². The zero-order valence-corrected chi connectivity index (χ0v) is 33.1. The van der Waals surface area contributed by atoms with Crippen LogP contribution >= 0.6 is 0 Å². The van der Waals surface area contributed by atoms with Crippen LogP contribution < -0.4 is 16.0 Å². The topological polar surface area (TPSA) is 159 Å². The number of nitrogens with zero attached hydrogens (tertiary/aromatic N) is 3. The Balaban J connectivity index is 1.24. The third-order valence-corrected chi connectivity index (χ3v) is 9.68. The van der Waals surface area contributed by atoms with Gasteiger partial charge in [0, 0.05) is 24.6 Å². The van der Waals surface area contributed by atoms with Crippen LogP contribution in [0.3, 0.4) is 0 Å². The number of Topliss-reactive ketones (excluding diaryl/α,β-unsaturated/α-hetero) is 1. The van der Waals surface area contributed by atoms with Crippen LogP contribution in [0.25, 0.3) is 0 Å². The van der Waals surface area contributed by atoms with Gasteiger partial charge < -0.3 is 35.2 Å². The maximum absolute atomic E-state index is 14.3. The number of piperidine rings is 1. The lowest BCUT2D eigenvalue weighted by atomic mass is 9.88. The predicted octanol–water partition coefficient (Wildman–Crippen LogP) is 4.95. The third-order valence-electron chi connectivity index (χ3n) is 9.68. The lowest BCUT2D eigenvalue weighted by Gasteiger charge is -2.36. The van der Waals surface area contributed by atoms with Crippen LogP contribution in [0.5, 0.6) is 0 Å². The van der Waals surface area contributed by atoms with Crippen LogP contribution in [0.4, 0.5) is 4.79 Å². The van der Waals surface area contributed by atoms with E-state index in [0.29, 0.717) is 31.5 Å². The van der Waals surface area contributed by atoms with Crippen LogP contribution in [0.1, 0.15) is 80.6 Å². The van der Waals surface area contributed by atoms with Crippen LogP contribution in [-0.2, 0) is 30.5 Å². The quantitative estimate of drug-likeness (QED) is 0.195. The van der Waals surface area contributed by atoms with Crippen molar-refractivity contribution in [1.82, 2.24) is 25.8 Å². The Kier molecular flexibility index (Phi) is 13.7. The fraction of sp³-hybridized carbons (Fsp3) is 0.442. The molecule has 2 aliphatic heterocycles. The normalized spacial score (nSPS) is 17.1.